The fourth-order valence-electron chi connectivity index (χ4n) is 4.00. The normalized spacial score (nSPS) is 18.1. The lowest BCUT2D eigenvalue weighted by Gasteiger charge is -2.17. The third-order valence-corrected chi connectivity index (χ3v) is 5.87. The van der Waals surface area contributed by atoms with Crippen molar-refractivity contribution in [1.29, 1.82) is 0 Å². The van der Waals surface area contributed by atoms with E-state index in [2.05, 4.69) is 76.7 Å². The molecule has 1 aromatic heterocycles. The Balaban J connectivity index is 1.37. The van der Waals surface area contributed by atoms with Crippen molar-refractivity contribution in [3.63, 3.8) is 0 Å². The fraction of sp³-hybridized carbons (Fsp3) is 0.192. The smallest absolute Gasteiger partial charge is 0.253 e. The van der Waals surface area contributed by atoms with Crippen LogP contribution in [0.3, 0.4) is 0 Å². The topological polar surface area (TPSA) is 70.2 Å². The Hall–Kier alpha value is -3.93. The predicted octanol–water partition coefficient (Wildman–Crippen LogP) is 4.64. The highest BCUT2D eigenvalue weighted by atomic mass is 16.2. The van der Waals surface area contributed by atoms with Gasteiger partial charge in [-0.2, -0.15) is 0 Å². The van der Waals surface area contributed by atoms with Crippen LogP contribution in [0.1, 0.15) is 18.9 Å². The summed E-state index contributed by atoms with van der Waals surface area (Å²) in [6.07, 6.45) is 9.57. The minimum atomic E-state index is -0.0149. The van der Waals surface area contributed by atoms with E-state index in [1.165, 1.54) is 11.1 Å². The molecule has 6 heteroatoms. The Morgan fingerprint density at radius 3 is 2.75 bits per heavy atom. The van der Waals surface area contributed by atoms with Gasteiger partial charge in [0.1, 0.15) is 12.1 Å². The highest BCUT2D eigenvalue weighted by Gasteiger charge is 2.25. The van der Waals surface area contributed by atoms with Crippen LogP contribution in [0.5, 0.6) is 0 Å². The van der Waals surface area contributed by atoms with Crippen molar-refractivity contribution >= 4 is 34.0 Å². The number of allylic oxidation sites excluding steroid dienone is 2. The monoisotopic (exact) mass is 423 g/mol. The zero-order valence-corrected chi connectivity index (χ0v) is 18.0. The van der Waals surface area contributed by atoms with E-state index in [1.807, 2.05) is 18.2 Å². The maximum Gasteiger partial charge on any atom is 0.253 e. The van der Waals surface area contributed by atoms with Crippen LogP contribution in [0.25, 0.3) is 10.9 Å². The summed E-state index contributed by atoms with van der Waals surface area (Å²) in [4.78, 5) is 23.0. The molecule has 6 nitrogen and oxygen atoms in total. The van der Waals surface area contributed by atoms with Gasteiger partial charge in [0.2, 0.25) is 0 Å². The van der Waals surface area contributed by atoms with Gasteiger partial charge < -0.3 is 15.5 Å². The van der Waals surface area contributed by atoms with Crippen LogP contribution in [0.4, 0.5) is 17.2 Å². The van der Waals surface area contributed by atoms with Gasteiger partial charge in [0, 0.05) is 41.1 Å². The SMILES string of the molecule is C=C1CCN(c2ccc3ncnc(Nc4ccc(CC5=CNC(C)C=C5)cc4)c3c2)C1=O. The molecule has 1 unspecified atom stereocenters. The minimum absolute atomic E-state index is 0.0149. The molecule has 1 fully saturated rings. The molecule has 0 spiro atoms. The molecule has 2 aliphatic heterocycles. The zero-order valence-electron chi connectivity index (χ0n) is 18.0. The Morgan fingerprint density at radius 2 is 2.03 bits per heavy atom. The van der Waals surface area contributed by atoms with Gasteiger partial charge in [0.05, 0.1) is 5.52 Å². The summed E-state index contributed by atoms with van der Waals surface area (Å²) in [5.74, 6) is 0.699. The quantitative estimate of drug-likeness (QED) is 0.585. The number of hydrogen-bond donors (Lipinski definition) is 2. The van der Waals surface area contributed by atoms with E-state index >= 15 is 0 Å². The number of carbonyl (C=O) groups excluding carboxylic acids is 1. The van der Waals surface area contributed by atoms with Crippen molar-refractivity contribution in [3.05, 3.63) is 90.4 Å². The Bertz CT molecular complexity index is 1260. The maximum absolute atomic E-state index is 12.4. The Morgan fingerprint density at radius 1 is 1.19 bits per heavy atom. The van der Waals surface area contributed by atoms with Gasteiger partial charge in [0.15, 0.2) is 0 Å². The van der Waals surface area contributed by atoms with Gasteiger partial charge >= 0.3 is 0 Å². The van der Waals surface area contributed by atoms with Gasteiger partial charge in [-0.15, -0.1) is 0 Å². The van der Waals surface area contributed by atoms with E-state index in [4.69, 9.17) is 0 Å². The molecule has 2 aliphatic rings. The average molecular weight is 424 g/mol. The number of benzene rings is 2. The summed E-state index contributed by atoms with van der Waals surface area (Å²) in [7, 11) is 0. The van der Waals surface area contributed by atoms with Gasteiger partial charge in [-0.3, -0.25) is 4.79 Å². The largest absolute Gasteiger partial charge is 0.385 e. The summed E-state index contributed by atoms with van der Waals surface area (Å²) in [5.41, 5.74) is 5.77. The van der Waals surface area contributed by atoms with Crippen LogP contribution in [0, 0.1) is 0 Å². The van der Waals surface area contributed by atoms with Gasteiger partial charge in [-0.1, -0.05) is 30.9 Å². The second-order valence-electron chi connectivity index (χ2n) is 8.27. The maximum atomic E-state index is 12.4. The van der Waals surface area contributed by atoms with Crippen LogP contribution in [-0.2, 0) is 11.2 Å². The Labute approximate surface area is 187 Å². The second-order valence-corrected chi connectivity index (χ2v) is 8.27. The lowest BCUT2D eigenvalue weighted by Crippen LogP contribution is -2.24. The number of carbonyl (C=O) groups is 1. The summed E-state index contributed by atoms with van der Waals surface area (Å²) in [6, 6.07) is 14.6. The molecule has 0 bridgehead atoms. The molecule has 0 aliphatic carbocycles. The van der Waals surface area contributed by atoms with E-state index in [0.29, 0.717) is 30.4 Å². The van der Waals surface area contributed by atoms with Gasteiger partial charge in [0.25, 0.3) is 5.91 Å². The summed E-state index contributed by atoms with van der Waals surface area (Å²) in [6.45, 7) is 6.64. The van der Waals surface area contributed by atoms with Gasteiger partial charge in [-0.05, 0) is 61.2 Å². The number of hydrogen-bond acceptors (Lipinski definition) is 5. The molecule has 3 heterocycles. The second kappa shape index (κ2) is 8.30. The molecule has 1 saturated heterocycles. The molecular weight excluding hydrogens is 398 g/mol. The van der Waals surface area contributed by atoms with Crippen molar-refractivity contribution in [2.75, 3.05) is 16.8 Å². The van der Waals surface area contributed by atoms with Crippen molar-refractivity contribution in [2.24, 2.45) is 0 Å². The summed E-state index contributed by atoms with van der Waals surface area (Å²) < 4.78 is 0. The zero-order chi connectivity index (χ0) is 22.1. The molecule has 3 aromatic rings. The van der Waals surface area contributed by atoms with Crippen LogP contribution in [0.15, 0.2) is 84.9 Å². The minimum Gasteiger partial charge on any atom is -0.385 e. The van der Waals surface area contributed by atoms with E-state index < -0.39 is 0 Å². The molecule has 2 aromatic carbocycles. The number of aromatic nitrogens is 2. The molecule has 160 valence electrons. The van der Waals surface area contributed by atoms with Crippen molar-refractivity contribution in [2.45, 2.75) is 25.8 Å². The number of anilines is 3. The first-order valence-corrected chi connectivity index (χ1v) is 10.8. The lowest BCUT2D eigenvalue weighted by molar-refractivity contribution is -0.114. The fourth-order valence-corrected chi connectivity index (χ4v) is 4.00. The van der Waals surface area contributed by atoms with Crippen LogP contribution < -0.4 is 15.5 Å². The van der Waals surface area contributed by atoms with E-state index in [-0.39, 0.29) is 5.91 Å². The summed E-state index contributed by atoms with van der Waals surface area (Å²) >= 11 is 0. The molecular formula is C26H25N5O. The third kappa shape index (κ3) is 3.99. The lowest BCUT2D eigenvalue weighted by atomic mass is 10.0. The van der Waals surface area contributed by atoms with Crippen LogP contribution >= 0.6 is 0 Å². The predicted molar refractivity (Wildman–Crippen MR) is 129 cm³/mol. The first kappa shape index (κ1) is 20.0. The number of nitrogens with one attached hydrogen (secondary N) is 2. The molecule has 32 heavy (non-hydrogen) atoms. The molecule has 1 atom stereocenters. The highest BCUT2D eigenvalue weighted by molar-refractivity contribution is 6.08. The highest BCUT2D eigenvalue weighted by Crippen LogP contribution is 2.30. The number of rotatable bonds is 5. The van der Waals surface area contributed by atoms with Crippen LogP contribution in [-0.4, -0.2) is 28.5 Å². The van der Waals surface area contributed by atoms with Crippen LogP contribution in [0.2, 0.25) is 0 Å². The summed E-state index contributed by atoms with van der Waals surface area (Å²) in [5, 5.41) is 7.62. The first-order chi connectivity index (χ1) is 15.6. The van der Waals surface area contributed by atoms with Crippen molar-refractivity contribution in [3.8, 4) is 0 Å². The number of nitrogens with zero attached hydrogens (tertiary/aromatic N) is 3. The molecule has 0 radical (unpaired) electrons. The number of amides is 1. The molecule has 0 saturated carbocycles. The molecule has 1 amide bonds. The molecule has 5 rings (SSSR count). The van der Waals surface area contributed by atoms with E-state index in [1.54, 1.807) is 11.2 Å². The number of dihydropyridines is 1. The average Bonchev–Trinajstić information content (AvgIpc) is 3.15. The first-order valence-electron chi connectivity index (χ1n) is 10.8. The molecule has 2 N–H and O–H groups in total. The van der Waals surface area contributed by atoms with Crippen molar-refractivity contribution < 1.29 is 4.79 Å². The van der Waals surface area contributed by atoms with E-state index in [9.17, 15) is 4.79 Å². The van der Waals surface area contributed by atoms with Crippen molar-refractivity contribution in [1.82, 2.24) is 15.3 Å². The number of fused-ring (bicyclic) bond motifs is 1. The van der Waals surface area contributed by atoms with E-state index in [0.717, 1.165) is 28.7 Å². The standard InChI is InChI=1S/C26H25N5O/c1-17-11-12-31(26(17)32)22-9-10-24-23(14-22)25(29-16-28-24)30-21-7-5-19(6-8-21)13-20-4-3-18(2)27-15-20/h3-10,14-16,18,27H,1,11-13H2,2H3,(H,28,29,30). The van der Waals surface area contributed by atoms with Gasteiger partial charge in [-0.25, -0.2) is 9.97 Å². The Kier molecular flexibility index (Phi) is 5.19. The third-order valence-electron chi connectivity index (χ3n) is 5.87.